The van der Waals surface area contributed by atoms with Crippen LogP contribution in [0.2, 0.25) is 0 Å². The summed E-state index contributed by atoms with van der Waals surface area (Å²) in [5.74, 6) is -0.602. The number of hydrogen-bond donors (Lipinski definition) is 3. The summed E-state index contributed by atoms with van der Waals surface area (Å²) in [6, 6.07) is 22.1. The zero-order valence-corrected chi connectivity index (χ0v) is 20.1. The fourth-order valence-electron chi connectivity index (χ4n) is 4.15. The molecule has 0 radical (unpaired) electrons. The van der Waals surface area contributed by atoms with Crippen molar-refractivity contribution < 1.29 is 9.59 Å². The molecule has 1 aliphatic heterocycles. The number of nitrogens with zero attached hydrogens (tertiary/aromatic N) is 2. The maximum atomic E-state index is 12.9. The summed E-state index contributed by atoms with van der Waals surface area (Å²) in [4.78, 5) is 41.2. The summed E-state index contributed by atoms with van der Waals surface area (Å²) >= 11 is 0. The SMILES string of the molecule is CN(c1ccccc1)n1cccc(C(=O)NCC=Cc2ccc3c(c2)NC(=O)C3=Cc2ccc[nH]2)c1=O. The molecule has 0 saturated carbocycles. The molecule has 0 bridgehead atoms. The number of hydrogen-bond acceptors (Lipinski definition) is 4. The van der Waals surface area contributed by atoms with E-state index >= 15 is 0 Å². The molecule has 0 spiro atoms. The predicted octanol–water partition coefficient (Wildman–Crippen LogP) is 4.01. The Hall–Kier alpha value is -5.11. The zero-order chi connectivity index (χ0) is 25.8. The molecule has 8 heteroatoms. The van der Waals surface area contributed by atoms with Gasteiger partial charge in [-0.1, -0.05) is 42.5 Å². The van der Waals surface area contributed by atoms with Crippen molar-refractivity contribution in [3.63, 3.8) is 0 Å². The number of nitrogens with one attached hydrogen (secondary N) is 3. The van der Waals surface area contributed by atoms with Crippen LogP contribution in [0.3, 0.4) is 0 Å². The maximum Gasteiger partial charge on any atom is 0.282 e. The standard InChI is InChI=1S/C29H25N5O3/c1-33(22-10-3-2-4-11-22)34-17-7-12-24(29(34)37)27(35)31-16-5-8-20-13-14-23-25(19-21-9-6-15-30-21)28(36)32-26(23)18-20/h2-15,17-19,30H,16H2,1H3,(H,31,35)(H,32,36). The Morgan fingerprint density at radius 2 is 1.86 bits per heavy atom. The van der Waals surface area contributed by atoms with E-state index in [1.165, 1.54) is 10.7 Å². The average molecular weight is 492 g/mol. The quantitative estimate of drug-likeness (QED) is 0.340. The molecule has 0 saturated heterocycles. The van der Waals surface area contributed by atoms with E-state index in [1.54, 1.807) is 30.4 Å². The maximum absolute atomic E-state index is 12.9. The van der Waals surface area contributed by atoms with Crippen molar-refractivity contribution in [2.75, 3.05) is 23.9 Å². The van der Waals surface area contributed by atoms with Crippen LogP contribution in [0.15, 0.2) is 96.1 Å². The molecule has 2 aromatic heterocycles. The summed E-state index contributed by atoms with van der Waals surface area (Å²) in [7, 11) is 1.76. The van der Waals surface area contributed by atoms with Crippen LogP contribution in [0, 0.1) is 0 Å². The number of rotatable bonds is 7. The van der Waals surface area contributed by atoms with Gasteiger partial charge in [0.25, 0.3) is 17.4 Å². The van der Waals surface area contributed by atoms with E-state index in [0.29, 0.717) is 5.57 Å². The minimum Gasteiger partial charge on any atom is -0.362 e. The molecule has 0 unspecified atom stereocenters. The number of aromatic amines is 1. The van der Waals surface area contributed by atoms with Gasteiger partial charge in [-0.25, -0.2) is 4.68 Å². The number of H-pyrrole nitrogens is 1. The Morgan fingerprint density at radius 1 is 1.03 bits per heavy atom. The lowest BCUT2D eigenvalue weighted by atomic mass is 10.0. The fraction of sp³-hybridized carbons (Fsp3) is 0.0690. The van der Waals surface area contributed by atoms with Crippen molar-refractivity contribution in [3.05, 3.63) is 124 Å². The van der Waals surface area contributed by atoms with E-state index in [0.717, 1.165) is 28.2 Å². The molecule has 1 aliphatic rings. The third-order valence-corrected chi connectivity index (χ3v) is 6.07. The topological polar surface area (TPSA) is 99.2 Å². The number of aromatic nitrogens is 2. The first kappa shape index (κ1) is 23.6. The number of para-hydroxylation sites is 1. The molecule has 37 heavy (non-hydrogen) atoms. The van der Waals surface area contributed by atoms with Crippen molar-refractivity contribution in [3.8, 4) is 0 Å². The number of benzene rings is 2. The lowest BCUT2D eigenvalue weighted by Crippen LogP contribution is -2.39. The van der Waals surface area contributed by atoms with Crippen LogP contribution >= 0.6 is 0 Å². The molecule has 3 heterocycles. The van der Waals surface area contributed by atoms with E-state index < -0.39 is 11.5 Å². The van der Waals surface area contributed by atoms with Crippen LogP contribution in [-0.2, 0) is 4.79 Å². The highest BCUT2D eigenvalue weighted by atomic mass is 16.2. The minimum absolute atomic E-state index is 0.0558. The molecule has 2 aromatic carbocycles. The zero-order valence-electron chi connectivity index (χ0n) is 20.1. The number of amides is 2. The van der Waals surface area contributed by atoms with Gasteiger partial charge in [0.15, 0.2) is 0 Å². The third-order valence-electron chi connectivity index (χ3n) is 6.07. The highest BCUT2D eigenvalue weighted by molar-refractivity contribution is 6.34. The van der Waals surface area contributed by atoms with Gasteiger partial charge < -0.3 is 15.6 Å². The molecule has 2 amide bonds. The van der Waals surface area contributed by atoms with Gasteiger partial charge in [-0.05, 0) is 54.1 Å². The van der Waals surface area contributed by atoms with Crippen molar-refractivity contribution in [2.45, 2.75) is 0 Å². The average Bonchev–Trinajstić information content (AvgIpc) is 3.54. The molecule has 0 atom stereocenters. The second-order valence-electron chi connectivity index (χ2n) is 8.49. The van der Waals surface area contributed by atoms with Crippen LogP contribution in [0.1, 0.15) is 27.2 Å². The summed E-state index contributed by atoms with van der Waals surface area (Å²) in [5.41, 5.74) is 4.38. The number of carbonyl (C=O) groups excluding carboxylic acids is 2. The molecular weight excluding hydrogens is 466 g/mol. The van der Waals surface area contributed by atoms with Gasteiger partial charge in [-0.3, -0.25) is 19.4 Å². The Balaban J connectivity index is 1.24. The van der Waals surface area contributed by atoms with E-state index in [9.17, 15) is 14.4 Å². The second kappa shape index (κ2) is 10.2. The van der Waals surface area contributed by atoms with E-state index in [2.05, 4.69) is 15.6 Å². The number of pyridine rings is 1. The van der Waals surface area contributed by atoms with Crippen molar-refractivity contribution in [1.82, 2.24) is 15.0 Å². The van der Waals surface area contributed by atoms with Gasteiger partial charge in [-0.2, -0.15) is 0 Å². The monoisotopic (exact) mass is 491 g/mol. The highest BCUT2D eigenvalue weighted by Crippen LogP contribution is 2.33. The van der Waals surface area contributed by atoms with Gasteiger partial charge in [0, 0.05) is 42.9 Å². The first-order valence-corrected chi connectivity index (χ1v) is 11.8. The fourth-order valence-corrected chi connectivity index (χ4v) is 4.15. The molecule has 184 valence electrons. The Labute approximate surface area is 213 Å². The van der Waals surface area contributed by atoms with E-state index in [4.69, 9.17) is 0 Å². The van der Waals surface area contributed by atoms with E-state index in [1.807, 2.05) is 79.0 Å². The second-order valence-corrected chi connectivity index (χ2v) is 8.49. The predicted molar refractivity (Wildman–Crippen MR) is 146 cm³/mol. The lowest BCUT2D eigenvalue weighted by Gasteiger charge is -2.21. The summed E-state index contributed by atoms with van der Waals surface area (Å²) in [6.07, 6.45) is 8.90. The van der Waals surface area contributed by atoms with Gasteiger partial charge >= 0.3 is 0 Å². The molecule has 5 rings (SSSR count). The molecular formula is C29H25N5O3. The molecule has 0 fully saturated rings. The van der Waals surface area contributed by atoms with Crippen LogP contribution in [0.4, 0.5) is 11.4 Å². The largest absolute Gasteiger partial charge is 0.362 e. The molecule has 8 nitrogen and oxygen atoms in total. The van der Waals surface area contributed by atoms with Gasteiger partial charge in [0.2, 0.25) is 0 Å². The smallest absolute Gasteiger partial charge is 0.282 e. The highest BCUT2D eigenvalue weighted by Gasteiger charge is 2.24. The van der Waals surface area contributed by atoms with Crippen LogP contribution in [-0.4, -0.2) is 35.1 Å². The summed E-state index contributed by atoms with van der Waals surface area (Å²) in [6.45, 7) is 0.239. The third kappa shape index (κ3) is 4.99. The number of anilines is 2. The van der Waals surface area contributed by atoms with Gasteiger partial charge in [-0.15, -0.1) is 0 Å². The molecule has 3 N–H and O–H groups in total. The molecule has 4 aromatic rings. The Bertz CT molecular complexity index is 1570. The lowest BCUT2D eigenvalue weighted by molar-refractivity contribution is -0.110. The van der Waals surface area contributed by atoms with E-state index in [-0.39, 0.29) is 18.0 Å². The Morgan fingerprint density at radius 3 is 2.65 bits per heavy atom. The van der Waals surface area contributed by atoms with Crippen LogP contribution < -0.4 is 21.2 Å². The normalized spacial score (nSPS) is 13.5. The molecule has 0 aliphatic carbocycles. The van der Waals surface area contributed by atoms with Crippen LogP contribution in [0.5, 0.6) is 0 Å². The first-order chi connectivity index (χ1) is 18.0. The van der Waals surface area contributed by atoms with Gasteiger partial charge in [0.05, 0.1) is 11.3 Å². The van der Waals surface area contributed by atoms with Crippen LogP contribution in [0.25, 0.3) is 17.7 Å². The number of carbonyl (C=O) groups is 2. The number of fused-ring (bicyclic) bond motifs is 1. The van der Waals surface area contributed by atoms with Gasteiger partial charge in [0.1, 0.15) is 5.56 Å². The summed E-state index contributed by atoms with van der Waals surface area (Å²) in [5, 5.41) is 7.35. The minimum atomic E-state index is -0.453. The Kier molecular flexibility index (Phi) is 6.54. The van der Waals surface area contributed by atoms with Crippen molar-refractivity contribution >= 4 is 40.9 Å². The van der Waals surface area contributed by atoms with Crippen molar-refractivity contribution in [1.29, 1.82) is 0 Å². The first-order valence-electron chi connectivity index (χ1n) is 11.8. The van der Waals surface area contributed by atoms with Crippen molar-refractivity contribution in [2.24, 2.45) is 0 Å². The summed E-state index contributed by atoms with van der Waals surface area (Å²) < 4.78 is 1.40.